The van der Waals surface area contributed by atoms with E-state index in [-0.39, 0.29) is 23.7 Å². The molecule has 0 bridgehead atoms. The van der Waals surface area contributed by atoms with E-state index >= 15 is 0 Å². The molecule has 2 heterocycles. The van der Waals surface area contributed by atoms with Gasteiger partial charge in [-0.1, -0.05) is 61.9 Å². The lowest BCUT2D eigenvalue weighted by Gasteiger charge is -2.33. The lowest BCUT2D eigenvalue weighted by molar-refractivity contribution is -0.125. The molecule has 7 heteroatoms. The third-order valence-electron chi connectivity index (χ3n) is 6.77. The van der Waals surface area contributed by atoms with Crippen molar-refractivity contribution >= 4 is 23.3 Å². The van der Waals surface area contributed by atoms with Crippen LogP contribution in [0.2, 0.25) is 0 Å². The summed E-state index contributed by atoms with van der Waals surface area (Å²) < 4.78 is 1.91. The molecule has 0 atom stereocenters. The van der Waals surface area contributed by atoms with Crippen molar-refractivity contribution in [1.82, 2.24) is 15.1 Å². The molecule has 2 N–H and O–H groups in total. The number of para-hydroxylation sites is 1. The van der Waals surface area contributed by atoms with Gasteiger partial charge in [-0.2, -0.15) is 5.10 Å². The second kappa shape index (κ2) is 11.4. The van der Waals surface area contributed by atoms with Gasteiger partial charge in [0.1, 0.15) is 5.69 Å². The highest BCUT2D eigenvalue weighted by atomic mass is 16.2. The SMILES string of the molecule is Cc1cccc(CCNC(=O)C2CCN(c3c(NC(=O)C(C)C)c(C)nn3-c3ccccc3)CC2)c1. The maximum atomic E-state index is 12.9. The van der Waals surface area contributed by atoms with Gasteiger partial charge in [-0.15, -0.1) is 0 Å². The van der Waals surface area contributed by atoms with Crippen LogP contribution >= 0.6 is 0 Å². The molecule has 0 unspecified atom stereocenters. The second-order valence-corrected chi connectivity index (χ2v) is 9.97. The summed E-state index contributed by atoms with van der Waals surface area (Å²) in [6.07, 6.45) is 2.35. The van der Waals surface area contributed by atoms with Crippen LogP contribution in [0.1, 0.15) is 43.5 Å². The first-order valence-corrected chi connectivity index (χ1v) is 12.9. The third-order valence-corrected chi connectivity index (χ3v) is 6.77. The standard InChI is InChI=1S/C29H37N5O2/c1-20(2)27(35)31-26-22(4)32-34(25-11-6-5-7-12-25)29(26)33-17-14-24(15-18-33)28(36)30-16-13-23-10-8-9-21(3)19-23/h5-12,19-20,24H,13-18H2,1-4H3,(H,30,36)(H,31,35). The molecule has 2 amide bonds. The fraction of sp³-hybridized carbons (Fsp3) is 0.414. The van der Waals surface area contributed by atoms with E-state index in [0.717, 1.165) is 55.2 Å². The van der Waals surface area contributed by atoms with Gasteiger partial charge in [-0.3, -0.25) is 9.59 Å². The molecule has 1 saturated heterocycles. The van der Waals surface area contributed by atoms with Crippen LogP contribution in [-0.4, -0.2) is 41.2 Å². The molecule has 4 rings (SSSR count). The maximum absolute atomic E-state index is 12.9. The van der Waals surface area contributed by atoms with E-state index in [1.54, 1.807) is 0 Å². The number of piperidine rings is 1. The van der Waals surface area contributed by atoms with Crippen LogP contribution < -0.4 is 15.5 Å². The monoisotopic (exact) mass is 487 g/mol. The molecule has 0 aliphatic carbocycles. The highest BCUT2D eigenvalue weighted by molar-refractivity contribution is 5.96. The van der Waals surface area contributed by atoms with Crippen LogP contribution in [0.3, 0.4) is 0 Å². The van der Waals surface area contributed by atoms with E-state index in [9.17, 15) is 9.59 Å². The molecular formula is C29H37N5O2. The number of hydrogen-bond acceptors (Lipinski definition) is 4. The van der Waals surface area contributed by atoms with Crippen LogP contribution in [0.5, 0.6) is 0 Å². The second-order valence-electron chi connectivity index (χ2n) is 9.97. The number of benzene rings is 2. The largest absolute Gasteiger partial charge is 0.356 e. The van der Waals surface area contributed by atoms with Crippen molar-refractivity contribution in [2.24, 2.45) is 11.8 Å². The highest BCUT2D eigenvalue weighted by Crippen LogP contribution is 2.35. The Labute approximate surface area is 213 Å². The predicted octanol–water partition coefficient (Wildman–Crippen LogP) is 4.66. The van der Waals surface area contributed by atoms with E-state index in [1.807, 2.05) is 55.8 Å². The zero-order chi connectivity index (χ0) is 25.7. The molecular weight excluding hydrogens is 450 g/mol. The quantitative estimate of drug-likeness (QED) is 0.484. The Bertz CT molecular complexity index is 1190. The summed E-state index contributed by atoms with van der Waals surface area (Å²) in [5.74, 6) is 0.831. The molecule has 1 aliphatic heterocycles. The van der Waals surface area contributed by atoms with Crippen LogP contribution in [0.15, 0.2) is 54.6 Å². The summed E-state index contributed by atoms with van der Waals surface area (Å²) in [5.41, 5.74) is 4.94. The van der Waals surface area contributed by atoms with Crippen LogP contribution in [-0.2, 0) is 16.0 Å². The number of hydrogen-bond donors (Lipinski definition) is 2. The van der Waals surface area contributed by atoms with E-state index in [4.69, 9.17) is 5.10 Å². The molecule has 0 saturated carbocycles. The Hall–Kier alpha value is -3.61. The van der Waals surface area contributed by atoms with Crippen LogP contribution in [0, 0.1) is 25.7 Å². The van der Waals surface area contributed by atoms with Crippen molar-refractivity contribution in [1.29, 1.82) is 0 Å². The minimum atomic E-state index is -0.133. The summed E-state index contributed by atoms with van der Waals surface area (Å²) in [5, 5.41) is 11.0. The van der Waals surface area contributed by atoms with Gasteiger partial charge >= 0.3 is 0 Å². The predicted molar refractivity (Wildman–Crippen MR) is 145 cm³/mol. The van der Waals surface area contributed by atoms with Gasteiger partial charge in [0.05, 0.1) is 11.4 Å². The van der Waals surface area contributed by atoms with Crippen molar-refractivity contribution < 1.29 is 9.59 Å². The Morgan fingerprint density at radius 3 is 2.42 bits per heavy atom. The van der Waals surface area contributed by atoms with Gasteiger partial charge in [-0.05, 0) is 50.8 Å². The zero-order valence-electron chi connectivity index (χ0n) is 21.8. The number of amides is 2. The van der Waals surface area contributed by atoms with Crippen molar-refractivity contribution in [2.75, 3.05) is 29.9 Å². The molecule has 1 aliphatic rings. The Kier molecular flexibility index (Phi) is 8.08. The number of nitrogens with zero attached hydrogens (tertiary/aromatic N) is 3. The van der Waals surface area contributed by atoms with E-state index in [2.05, 4.69) is 46.7 Å². The van der Waals surface area contributed by atoms with E-state index < -0.39 is 0 Å². The van der Waals surface area contributed by atoms with Gasteiger partial charge in [0.15, 0.2) is 5.82 Å². The molecule has 3 aromatic rings. The first kappa shape index (κ1) is 25.5. The minimum Gasteiger partial charge on any atom is -0.356 e. The molecule has 2 aromatic carbocycles. The van der Waals surface area contributed by atoms with E-state index in [1.165, 1.54) is 11.1 Å². The lowest BCUT2D eigenvalue weighted by atomic mass is 9.95. The fourth-order valence-electron chi connectivity index (χ4n) is 4.67. The molecule has 36 heavy (non-hydrogen) atoms. The van der Waals surface area contributed by atoms with Crippen LogP contribution in [0.25, 0.3) is 5.69 Å². The third kappa shape index (κ3) is 5.96. The maximum Gasteiger partial charge on any atom is 0.227 e. The minimum absolute atomic E-state index is 0.0124. The smallest absolute Gasteiger partial charge is 0.227 e. The number of carbonyl (C=O) groups is 2. The number of anilines is 2. The van der Waals surface area contributed by atoms with Gasteiger partial charge in [0.25, 0.3) is 0 Å². The molecule has 7 nitrogen and oxygen atoms in total. The average Bonchev–Trinajstić information content (AvgIpc) is 3.20. The summed E-state index contributed by atoms with van der Waals surface area (Å²) in [4.78, 5) is 27.7. The topological polar surface area (TPSA) is 79.3 Å². The summed E-state index contributed by atoms with van der Waals surface area (Å²) in [7, 11) is 0. The normalized spacial score (nSPS) is 14.2. The van der Waals surface area contributed by atoms with Gasteiger partial charge in [0, 0.05) is 31.5 Å². The van der Waals surface area contributed by atoms with Gasteiger partial charge in [0.2, 0.25) is 11.8 Å². The van der Waals surface area contributed by atoms with Crippen molar-refractivity contribution in [2.45, 2.75) is 47.0 Å². The Morgan fingerprint density at radius 1 is 1.03 bits per heavy atom. The number of rotatable bonds is 8. The first-order chi connectivity index (χ1) is 17.3. The average molecular weight is 488 g/mol. The van der Waals surface area contributed by atoms with E-state index in [0.29, 0.717) is 6.54 Å². The molecule has 0 spiro atoms. The Balaban J connectivity index is 1.44. The lowest BCUT2D eigenvalue weighted by Crippen LogP contribution is -2.42. The molecule has 190 valence electrons. The molecule has 1 aromatic heterocycles. The zero-order valence-corrected chi connectivity index (χ0v) is 21.8. The van der Waals surface area contributed by atoms with Crippen LogP contribution in [0.4, 0.5) is 11.5 Å². The first-order valence-electron chi connectivity index (χ1n) is 12.9. The van der Waals surface area contributed by atoms with Gasteiger partial charge < -0.3 is 15.5 Å². The summed E-state index contributed by atoms with van der Waals surface area (Å²) in [6.45, 7) is 9.86. The number of aromatic nitrogens is 2. The number of nitrogens with one attached hydrogen (secondary N) is 2. The number of aryl methyl sites for hydroxylation is 2. The molecule has 0 radical (unpaired) electrons. The summed E-state index contributed by atoms with van der Waals surface area (Å²) in [6, 6.07) is 18.4. The summed E-state index contributed by atoms with van der Waals surface area (Å²) >= 11 is 0. The van der Waals surface area contributed by atoms with Crippen molar-refractivity contribution in [3.63, 3.8) is 0 Å². The highest BCUT2D eigenvalue weighted by Gasteiger charge is 2.30. The van der Waals surface area contributed by atoms with Gasteiger partial charge in [-0.25, -0.2) is 4.68 Å². The fourth-order valence-corrected chi connectivity index (χ4v) is 4.67. The molecule has 1 fully saturated rings. The Morgan fingerprint density at radius 2 is 1.75 bits per heavy atom. The number of carbonyl (C=O) groups excluding carboxylic acids is 2. The van der Waals surface area contributed by atoms with Crippen molar-refractivity contribution in [3.8, 4) is 5.69 Å². The van der Waals surface area contributed by atoms with Crippen molar-refractivity contribution in [3.05, 3.63) is 71.4 Å².